The minimum atomic E-state index is 0.148. The van der Waals surface area contributed by atoms with Crippen molar-refractivity contribution in [3.8, 4) is 0 Å². The summed E-state index contributed by atoms with van der Waals surface area (Å²) in [5, 5.41) is 0. The fourth-order valence-corrected chi connectivity index (χ4v) is 1.07. The lowest BCUT2D eigenvalue weighted by molar-refractivity contribution is -0.126. The Balaban J connectivity index is 4.45. The molecule has 12 heavy (non-hydrogen) atoms. The van der Waals surface area contributed by atoms with E-state index < -0.39 is 0 Å². The summed E-state index contributed by atoms with van der Waals surface area (Å²) >= 11 is 0. The van der Waals surface area contributed by atoms with Gasteiger partial charge in [-0.2, -0.15) is 0 Å². The van der Waals surface area contributed by atoms with E-state index in [4.69, 9.17) is 0 Å². The van der Waals surface area contributed by atoms with Crippen molar-refractivity contribution in [2.24, 2.45) is 5.92 Å². The van der Waals surface area contributed by atoms with E-state index in [0.717, 1.165) is 12.1 Å². The van der Waals surface area contributed by atoms with Gasteiger partial charge < -0.3 is 4.90 Å². The highest BCUT2D eigenvalue weighted by Crippen LogP contribution is 2.11. The second-order valence-electron chi connectivity index (χ2n) is 3.22. The Bertz CT molecular complexity index is 182. The van der Waals surface area contributed by atoms with Crippen LogP contribution in [0.3, 0.4) is 0 Å². The normalized spacial score (nSPS) is 12.0. The van der Waals surface area contributed by atoms with Gasteiger partial charge >= 0.3 is 0 Å². The highest BCUT2D eigenvalue weighted by atomic mass is 16.2. The molecule has 0 fully saturated rings. The van der Waals surface area contributed by atoms with Crippen LogP contribution in [0.2, 0.25) is 0 Å². The zero-order valence-corrected chi connectivity index (χ0v) is 8.72. The van der Waals surface area contributed by atoms with E-state index in [1.165, 1.54) is 0 Å². The molecule has 0 saturated carbocycles. The predicted molar refractivity (Wildman–Crippen MR) is 51.9 cm³/mol. The van der Waals surface area contributed by atoms with Crippen LogP contribution < -0.4 is 0 Å². The van der Waals surface area contributed by atoms with Gasteiger partial charge in [-0.15, -0.1) is 0 Å². The molecular formula is C10H19NO. The van der Waals surface area contributed by atoms with Crippen LogP contribution in [-0.4, -0.2) is 24.4 Å². The first-order chi connectivity index (χ1) is 5.54. The average Bonchev–Trinajstić information content (AvgIpc) is 2.03. The van der Waals surface area contributed by atoms with Gasteiger partial charge in [0.15, 0.2) is 0 Å². The lowest BCUT2D eigenvalue weighted by Crippen LogP contribution is -2.29. The number of likely N-dealkylation sites (N-methyl/N-ethyl adjacent to an activating group) is 1. The van der Waals surface area contributed by atoms with Crippen molar-refractivity contribution in [2.75, 3.05) is 13.6 Å². The maximum Gasteiger partial charge on any atom is 0.249 e. The number of hydrogen-bond donors (Lipinski definition) is 0. The number of amides is 1. The van der Waals surface area contributed by atoms with Gasteiger partial charge in [0.05, 0.1) is 0 Å². The third kappa shape index (κ3) is 2.68. The Morgan fingerprint density at radius 2 is 2.00 bits per heavy atom. The van der Waals surface area contributed by atoms with Crippen molar-refractivity contribution in [2.45, 2.75) is 27.7 Å². The standard InChI is InChI=1S/C10H19NO/c1-6-9(8(3)4)10(12)11(5)7-2/h6,8H,7H2,1-5H3/b9-6+. The van der Waals surface area contributed by atoms with Gasteiger partial charge in [-0.25, -0.2) is 0 Å². The smallest absolute Gasteiger partial charge is 0.249 e. The Morgan fingerprint density at radius 1 is 1.50 bits per heavy atom. The zero-order valence-electron chi connectivity index (χ0n) is 8.72. The van der Waals surface area contributed by atoms with E-state index in [9.17, 15) is 4.79 Å². The van der Waals surface area contributed by atoms with Crippen LogP contribution in [0.15, 0.2) is 11.6 Å². The molecule has 70 valence electrons. The van der Waals surface area contributed by atoms with Crippen molar-refractivity contribution in [1.82, 2.24) is 4.90 Å². The van der Waals surface area contributed by atoms with Gasteiger partial charge in [-0.3, -0.25) is 4.79 Å². The van der Waals surface area contributed by atoms with Crippen LogP contribution >= 0.6 is 0 Å². The number of carbonyl (C=O) groups is 1. The number of rotatable bonds is 3. The molecule has 0 aromatic rings. The fourth-order valence-electron chi connectivity index (χ4n) is 1.07. The molecule has 0 aliphatic carbocycles. The van der Waals surface area contributed by atoms with E-state index >= 15 is 0 Å². The topological polar surface area (TPSA) is 20.3 Å². The molecule has 0 spiro atoms. The molecule has 0 bridgehead atoms. The molecule has 2 nitrogen and oxygen atoms in total. The van der Waals surface area contributed by atoms with E-state index in [-0.39, 0.29) is 5.91 Å². The summed E-state index contributed by atoms with van der Waals surface area (Å²) in [6.45, 7) is 8.73. The Kier molecular flexibility index (Phi) is 4.64. The molecule has 0 atom stereocenters. The van der Waals surface area contributed by atoms with Crippen molar-refractivity contribution in [1.29, 1.82) is 0 Å². The van der Waals surface area contributed by atoms with Gasteiger partial charge in [0.25, 0.3) is 0 Å². The summed E-state index contributed by atoms with van der Waals surface area (Å²) in [4.78, 5) is 13.3. The minimum absolute atomic E-state index is 0.148. The van der Waals surface area contributed by atoms with Gasteiger partial charge in [0.2, 0.25) is 5.91 Å². The summed E-state index contributed by atoms with van der Waals surface area (Å²) in [5.74, 6) is 0.464. The molecule has 0 rings (SSSR count). The summed E-state index contributed by atoms with van der Waals surface area (Å²) < 4.78 is 0. The molecule has 0 heterocycles. The van der Waals surface area contributed by atoms with E-state index in [0.29, 0.717) is 5.92 Å². The Morgan fingerprint density at radius 3 is 2.25 bits per heavy atom. The molecular weight excluding hydrogens is 150 g/mol. The van der Waals surface area contributed by atoms with E-state index in [1.54, 1.807) is 4.90 Å². The van der Waals surface area contributed by atoms with Crippen molar-refractivity contribution in [3.05, 3.63) is 11.6 Å². The lowest BCUT2D eigenvalue weighted by atomic mass is 10.0. The molecule has 1 amide bonds. The van der Waals surface area contributed by atoms with Crippen molar-refractivity contribution >= 4 is 5.91 Å². The van der Waals surface area contributed by atoms with Crippen LogP contribution in [0.5, 0.6) is 0 Å². The van der Waals surface area contributed by atoms with Crippen LogP contribution in [0.4, 0.5) is 0 Å². The van der Waals surface area contributed by atoms with Crippen LogP contribution in [0, 0.1) is 5.92 Å². The van der Waals surface area contributed by atoms with Crippen LogP contribution in [0.25, 0.3) is 0 Å². The molecule has 0 saturated heterocycles. The largest absolute Gasteiger partial charge is 0.342 e. The first kappa shape index (κ1) is 11.2. The molecule has 0 radical (unpaired) electrons. The minimum Gasteiger partial charge on any atom is -0.342 e. The number of hydrogen-bond acceptors (Lipinski definition) is 1. The first-order valence-corrected chi connectivity index (χ1v) is 4.46. The van der Waals surface area contributed by atoms with Gasteiger partial charge in [-0.1, -0.05) is 19.9 Å². The quantitative estimate of drug-likeness (QED) is 0.592. The zero-order chi connectivity index (χ0) is 9.72. The number of nitrogens with zero attached hydrogens (tertiary/aromatic N) is 1. The third-order valence-electron chi connectivity index (χ3n) is 2.00. The third-order valence-corrected chi connectivity index (χ3v) is 2.00. The first-order valence-electron chi connectivity index (χ1n) is 4.46. The molecule has 0 aliphatic rings. The fraction of sp³-hybridized carbons (Fsp3) is 0.700. The van der Waals surface area contributed by atoms with Gasteiger partial charge in [0, 0.05) is 19.2 Å². The molecule has 0 aromatic heterocycles. The second kappa shape index (κ2) is 4.96. The SMILES string of the molecule is C/C=C(/C(=O)N(C)CC)C(C)C. The molecule has 0 aromatic carbocycles. The average molecular weight is 169 g/mol. The molecule has 0 N–H and O–H groups in total. The monoisotopic (exact) mass is 169 g/mol. The summed E-state index contributed by atoms with van der Waals surface area (Å²) in [6, 6.07) is 0. The van der Waals surface area contributed by atoms with E-state index in [2.05, 4.69) is 0 Å². The summed E-state index contributed by atoms with van der Waals surface area (Å²) in [5.41, 5.74) is 0.902. The molecule has 2 heteroatoms. The maximum absolute atomic E-state index is 11.6. The summed E-state index contributed by atoms with van der Waals surface area (Å²) in [6.07, 6.45) is 1.90. The molecule has 0 unspecified atom stereocenters. The van der Waals surface area contributed by atoms with Gasteiger partial charge in [0.1, 0.15) is 0 Å². The Hall–Kier alpha value is -0.790. The number of allylic oxidation sites excluding steroid dienone is 1. The second-order valence-corrected chi connectivity index (χ2v) is 3.22. The van der Waals surface area contributed by atoms with Crippen LogP contribution in [-0.2, 0) is 4.79 Å². The highest BCUT2D eigenvalue weighted by Gasteiger charge is 2.14. The van der Waals surface area contributed by atoms with Crippen molar-refractivity contribution < 1.29 is 4.79 Å². The Labute approximate surface area is 75.3 Å². The highest BCUT2D eigenvalue weighted by molar-refractivity contribution is 5.93. The summed E-state index contributed by atoms with van der Waals surface area (Å²) in [7, 11) is 1.83. The van der Waals surface area contributed by atoms with Gasteiger partial charge in [-0.05, 0) is 19.8 Å². The van der Waals surface area contributed by atoms with Crippen molar-refractivity contribution in [3.63, 3.8) is 0 Å². The maximum atomic E-state index is 11.6. The predicted octanol–water partition coefficient (Wildman–Crippen LogP) is 2.07. The lowest BCUT2D eigenvalue weighted by Gasteiger charge is -2.18. The number of carbonyl (C=O) groups excluding carboxylic acids is 1. The van der Waals surface area contributed by atoms with Crippen LogP contribution in [0.1, 0.15) is 27.7 Å². The van der Waals surface area contributed by atoms with E-state index in [1.807, 2.05) is 40.8 Å². The molecule has 0 aliphatic heterocycles.